The number of benzene rings is 2. The second kappa shape index (κ2) is 6.71. The average molecular weight is 350 g/mol. The van der Waals surface area contributed by atoms with Gasteiger partial charge in [0, 0.05) is 5.92 Å². The molecule has 1 aliphatic carbocycles. The lowest BCUT2D eigenvalue weighted by Crippen LogP contribution is -2.28. The van der Waals surface area contributed by atoms with E-state index in [-0.39, 0.29) is 29.6 Å². The SMILES string of the molecule is CC(NC(=O)C1CC1c1ccccc1F)c1ccc(-n2cncn2)cc1. The first-order chi connectivity index (χ1) is 12.6. The van der Waals surface area contributed by atoms with E-state index in [0.717, 1.165) is 11.3 Å². The van der Waals surface area contributed by atoms with Crippen molar-refractivity contribution in [2.45, 2.75) is 25.3 Å². The molecule has 1 aliphatic rings. The molecule has 0 spiro atoms. The van der Waals surface area contributed by atoms with Crippen molar-refractivity contribution in [3.63, 3.8) is 0 Å². The predicted molar refractivity (Wildman–Crippen MR) is 95.2 cm³/mol. The maximum absolute atomic E-state index is 13.9. The Morgan fingerprint density at radius 2 is 2.00 bits per heavy atom. The molecule has 1 fully saturated rings. The molecule has 2 aromatic carbocycles. The molecule has 1 heterocycles. The van der Waals surface area contributed by atoms with Gasteiger partial charge in [0.25, 0.3) is 0 Å². The van der Waals surface area contributed by atoms with Crippen molar-refractivity contribution in [2.24, 2.45) is 5.92 Å². The second-order valence-electron chi connectivity index (χ2n) is 6.63. The molecule has 5 nitrogen and oxygen atoms in total. The molecule has 6 heteroatoms. The lowest BCUT2D eigenvalue weighted by atomic mass is 10.1. The largest absolute Gasteiger partial charge is 0.349 e. The monoisotopic (exact) mass is 350 g/mol. The van der Waals surface area contributed by atoms with Crippen LogP contribution in [0.1, 0.15) is 36.4 Å². The Morgan fingerprint density at radius 3 is 2.69 bits per heavy atom. The number of rotatable bonds is 5. The summed E-state index contributed by atoms with van der Waals surface area (Å²) in [6.45, 7) is 1.95. The van der Waals surface area contributed by atoms with Crippen molar-refractivity contribution < 1.29 is 9.18 Å². The number of aromatic nitrogens is 3. The number of amides is 1. The molecule has 26 heavy (non-hydrogen) atoms. The third-order valence-electron chi connectivity index (χ3n) is 4.87. The van der Waals surface area contributed by atoms with Crippen LogP contribution in [0.3, 0.4) is 0 Å². The molecule has 3 atom stereocenters. The molecular weight excluding hydrogens is 331 g/mol. The summed E-state index contributed by atoms with van der Waals surface area (Å²) in [5.74, 6) is -0.419. The summed E-state index contributed by atoms with van der Waals surface area (Å²) < 4.78 is 15.5. The first kappa shape index (κ1) is 16.4. The first-order valence-electron chi connectivity index (χ1n) is 8.63. The van der Waals surface area contributed by atoms with Gasteiger partial charge in [-0.2, -0.15) is 5.10 Å². The molecular formula is C20H19FN4O. The summed E-state index contributed by atoms with van der Waals surface area (Å²) in [6.07, 6.45) is 3.82. The number of carbonyl (C=O) groups is 1. The van der Waals surface area contributed by atoms with Crippen LogP contribution in [-0.2, 0) is 4.79 Å². The Balaban J connectivity index is 1.38. The quantitative estimate of drug-likeness (QED) is 0.767. The number of hydrogen-bond donors (Lipinski definition) is 1. The van der Waals surface area contributed by atoms with Crippen LogP contribution in [0.15, 0.2) is 61.2 Å². The summed E-state index contributed by atoms with van der Waals surface area (Å²) in [5.41, 5.74) is 2.55. The lowest BCUT2D eigenvalue weighted by molar-refractivity contribution is -0.123. The Bertz CT molecular complexity index is 908. The molecule has 132 valence electrons. The zero-order chi connectivity index (χ0) is 18.1. The van der Waals surface area contributed by atoms with Gasteiger partial charge < -0.3 is 5.32 Å². The Kier molecular flexibility index (Phi) is 4.24. The summed E-state index contributed by atoms with van der Waals surface area (Å²) in [7, 11) is 0. The second-order valence-corrected chi connectivity index (χ2v) is 6.63. The van der Waals surface area contributed by atoms with Crippen LogP contribution in [0.25, 0.3) is 5.69 Å². The predicted octanol–water partition coefficient (Wildman–Crippen LogP) is 3.39. The zero-order valence-corrected chi connectivity index (χ0v) is 14.3. The van der Waals surface area contributed by atoms with E-state index in [2.05, 4.69) is 15.4 Å². The Labute approximate surface area is 150 Å². The van der Waals surface area contributed by atoms with Crippen molar-refractivity contribution in [3.05, 3.63) is 78.1 Å². The average Bonchev–Trinajstić information content (AvgIpc) is 3.26. The third kappa shape index (κ3) is 3.22. The minimum absolute atomic E-state index is 0.0157. The smallest absolute Gasteiger partial charge is 0.224 e. The van der Waals surface area contributed by atoms with Crippen LogP contribution in [0, 0.1) is 11.7 Å². The van der Waals surface area contributed by atoms with E-state index in [4.69, 9.17) is 0 Å². The van der Waals surface area contributed by atoms with Crippen molar-refractivity contribution >= 4 is 5.91 Å². The van der Waals surface area contributed by atoms with Gasteiger partial charge in [0.15, 0.2) is 0 Å². The molecule has 0 saturated heterocycles. The molecule has 3 aromatic rings. The molecule has 0 bridgehead atoms. The van der Waals surface area contributed by atoms with Crippen molar-refractivity contribution in [1.29, 1.82) is 0 Å². The van der Waals surface area contributed by atoms with Gasteiger partial charge in [0.2, 0.25) is 5.91 Å². The van der Waals surface area contributed by atoms with Crippen molar-refractivity contribution in [3.8, 4) is 5.69 Å². The lowest BCUT2D eigenvalue weighted by Gasteiger charge is -2.15. The number of nitrogens with zero attached hydrogens (tertiary/aromatic N) is 3. The molecule has 0 aliphatic heterocycles. The van der Waals surface area contributed by atoms with Crippen molar-refractivity contribution in [2.75, 3.05) is 0 Å². The molecule has 1 aromatic heterocycles. The maximum atomic E-state index is 13.9. The third-order valence-corrected chi connectivity index (χ3v) is 4.87. The fraction of sp³-hybridized carbons (Fsp3) is 0.250. The summed E-state index contributed by atoms with van der Waals surface area (Å²) in [5, 5.41) is 7.13. The fourth-order valence-corrected chi connectivity index (χ4v) is 3.27. The van der Waals surface area contributed by atoms with Gasteiger partial charge in [-0.25, -0.2) is 14.1 Å². The minimum Gasteiger partial charge on any atom is -0.349 e. The van der Waals surface area contributed by atoms with Gasteiger partial charge in [0.1, 0.15) is 18.5 Å². The molecule has 1 amide bonds. The summed E-state index contributed by atoms with van der Waals surface area (Å²) >= 11 is 0. The van der Waals surface area contributed by atoms with E-state index in [9.17, 15) is 9.18 Å². The van der Waals surface area contributed by atoms with E-state index in [1.54, 1.807) is 23.1 Å². The van der Waals surface area contributed by atoms with E-state index in [1.165, 1.54) is 12.4 Å². The van der Waals surface area contributed by atoms with Crippen LogP contribution in [0.4, 0.5) is 4.39 Å². The molecule has 4 rings (SSSR count). The first-order valence-corrected chi connectivity index (χ1v) is 8.63. The molecule has 0 radical (unpaired) electrons. The highest BCUT2D eigenvalue weighted by molar-refractivity contribution is 5.83. The topological polar surface area (TPSA) is 59.8 Å². The van der Waals surface area contributed by atoms with Crippen LogP contribution >= 0.6 is 0 Å². The highest BCUT2D eigenvalue weighted by atomic mass is 19.1. The van der Waals surface area contributed by atoms with E-state index in [0.29, 0.717) is 12.0 Å². The van der Waals surface area contributed by atoms with Gasteiger partial charge in [-0.3, -0.25) is 4.79 Å². The highest BCUT2D eigenvalue weighted by Crippen LogP contribution is 2.48. The van der Waals surface area contributed by atoms with E-state index >= 15 is 0 Å². The zero-order valence-electron chi connectivity index (χ0n) is 14.3. The molecule has 1 N–H and O–H groups in total. The number of halogens is 1. The van der Waals surface area contributed by atoms with E-state index < -0.39 is 0 Å². The number of carbonyl (C=O) groups excluding carboxylic acids is 1. The standard InChI is InChI=1S/C20H19FN4O/c1-13(14-6-8-15(9-7-14)25-12-22-11-23-25)24-20(26)18-10-17(18)16-4-2-3-5-19(16)21/h2-9,11-13,17-18H,10H2,1H3,(H,24,26). The molecule has 1 saturated carbocycles. The molecule has 3 unspecified atom stereocenters. The fourth-order valence-electron chi connectivity index (χ4n) is 3.27. The van der Waals surface area contributed by atoms with Gasteiger partial charge >= 0.3 is 0 Å². The van der Waals surface area contributed by atoms with Crippen molar-refractivity contribution in [1.82, 2.24) is 20.1 Å². The Hall–Kier alpha value is -3.02. The van der Waals surface area contributed by atoms with Gasteiger partial charge in [-0.05, 0) is 48.6 Å². The van der Waals surface area contributed by atoms with Crippen LogP contribution < -0.4 is 5.32 Å². The highest BCUT2D eigenvalue weighted by Gasteiger charge is 2.45. The number of hydrogen-bond acceptors (Lipinski definition) is 3. The van der Waals surface area contributed by atoms with Gasteiger partial charge in [-0.1, -0.05) is 30.3 Å². The van der Waals surface area contributed by atoms with Crippen LogP contribution in [0.5, 0.6) is 0 Å². The van der Waals surface area contributed by atoms with Gasteiger partial charge in [-0.15, -0.1) is 0 Å². The van der Waals surface area contributed by atoms with Crippen LogP contribution in [-0.4, -0.2) is 20.7 Å². The number of nitrogens with one attached hydrogen (secondary N) is 1. The summed E-state index contributed by atoms with van der Waals surface area (Å²) in [6, 6.07) is 14.4. The van der Waals surface area contributed by atoms with Gasteiger partial charge in [0.05, 0.1) is 11.7 Å². The van der Waals surface area contributed by atoms with Crippen LogP contribution in [0.2, 0.25) is 0 Å². The maximum Gasteiger partial charge on any atom is 0.224 e. The Morgan fingerprint density at radius 1 is 1.23 bits per heavy atom. The summed E-state index contributed by atoms with van der Waals surface area (Å²) in [4.78, 5) is 16.4. The normalized spacial score (nSPS) is 19.8. The minimum atomic E-state index is -0.232. The van der Waals surface area contributed by atoms with E-state index in [1.807, 2.05) is 37.3 Å².